The van der Waals surface area contributed by atoms with Crippen LogP contribution in [0.2, 0.25) is 0 Å². The highest BCUT2D eigenvalue weighted by molar-refractivity contribution is 5.85. The van der Waals surface area contributed by atoms with Crippen molar-refractivity contribution in [2.75, 3.05) is 33.3 Å². The van der Waals surface area contributed by atoms with E-state index in [0.29, 0.717) is 25.4 Å². The number of likely N-dealkylation sites (N-methyl/N-ethyl adjacent to an activating group) is 1. The first kappa shape index (κ1) is 18.7. The summed E-state index contributed by atoms with van der Waals surface area (Å²) in [5.41, 5.74) is 0. The van der Waals surface area contributed by atoms with Crippen molar-refractivity contribution < 1.29 is 13.9 Å². The highest BCUT2D eigenvalue weighted by Crippen LogP contribution is 2.27. The first-order valence-corrected chi connectivity index (χ1v) is 7.48. The molecule has 1 N–H and O–H groups in total. The van der Waals surface area contributed by atoms with Gasteiger partial charge in [0.2, 0.25) is 5.91 Å². The molecule has 1 aliphatic carbocycles. The third kappa shape index (κ3) is 7.09. The number of hydrogen-bond donors (Lipinski definition) is 1. The molecular weight excluding hydrogens is 307 g/mol. The van der Waals surface area contributed by atoms with Gasteiger partial charge < -0.3 is 15.0 Å². The Labute approximate surface area is 137 Å². The van der Waals surface area contributed by atoms with E-state index in [2.05, 4.69) is 5.32 Å². The topological polar surface area (TPSA) is 41.6 Å². The van der Waals surface area contributed by atoms with Crippen LogP contribution in [0.15, 0.2) is 24.3 Å². The molecule has 0 atom stereocenters. The van der Waals surface area contributed by atoms with Crippen molar-refractivity contribution in [2.24, 2.45) is 5.92 Å². The Hall–Kier alpha value is -1.33. The van der Waals surface area contributed by atoms with Gasteiger partial charge in [0.1, 0.15) is 11.6 Å². The first-order valence-electron chi connectivity index (χ1n) is 7.48. The Kier molecular flexibility index (Phi) is 8.20. The zero-order valence-electron chi connectivity index (χ0n) is 12.9. The van der Waals surface area contributed by atoms with Crippen molar-refractivity contribution in [3.05, 3.63) is 30.1 Å². The Morgan fingerprint density at radius 1 is 1.36 bits per heavy atom. The first-order chi connectivity index (χ1) is 10.1. The monoisotopic (exact) mass is 330 g/mol. The lowest BCUT2D eigenvalue weighted by molar-refractivity contribution is -0.129. The third-order valence-corrected chi connectivity index (χ3v) is 3.55. The molecule has 0 saturated heterocycles. The fraction of sp³-hybridized carbons (Fsp3) is 0.562. The van der Waals surface area contributed by atoms with Crippen molar-refractivity contribution in [3.8, 4) is 5.75 Å². The number of benzene rings is 1. The molecule has 1 aliphatic rings. The number of nitrogens with zero attached hydrogens (tertiary/aromatic N) is 1. The van der Waals surface area contributed by atoms with Crippen LogP contribution in [0.25, 0.3) is 0 Å². The van der Waals surface area contributed by atoms with Crippen molar-refractivity contribution in [1.82, 2.24) is 10.2 Å². The van der Waals surface area contributed by atoms with E-state index in [1.165, 1.54) is 25.0 Å². The van der Waals surface area contributed by atoms with Crippen LogP contribution in [0, 0.1) is 11.7 Å². The molecule has 0 aliphatic heterocycles. The highest BCUT2D eigenvalue weighted by Gasteiger charge is 2.20. The molecule has 4 nitrogen and oxygen atoms in total. The van der Waals surface area contributed by atoms with Gasteiger partial charge in [0.15, 0.2) is 0 Å². The van der Waals surface area contributed by atoms with Crippen LogP contribution in [0.3, 0.4) is 0 Å². The molecule has 0 heterocycles. The van der Waals surface area contributed by atoms with Gasteiger partial charge in [0, 0.05) is 13.6 Å². The van der Waals surface area contributed by atoms with E-state index >= 15 is 0 Å². The van der Waals surface area contributed by atoms with E-state index < -0.39 is 0 Å². The smallest absolute Gasteiger partial charge is 0.236 e. The summed E-state index contributed by atoms with van der Waals surface area (Å²) in [5.74, 6) is 1.27. The van der Waals surface area contributed by atoms with E-state index in [9.17, 15) is 9.18 Å². The summed E-state index contributed by atoms with van der Waals surface area (Å²) < 4.78 is 18.2. The van der Waals surface area contributed by atoms with Gasteiger partial charge in [0.25, 0.3) is 0 Å². The minimum absolute atomic E-state index is 0. The summed E-state index contributed by atoms with van der Waals surface area (Å²) >= 11 is 0. The quantitative estimate of drug-likeness (QED) is 0.707. The Balaban J connectivity index is 0.00000242. The SMILES string of the molecule is CN(CCCOc1ccc(F)cc1)C(=O)CNCC1CC1.Cl. The van der Waals surface area contributed by atoms with E-state index in [0.717, 1.165) is 18.9 Å². The third-order valence-electron chi connectivity index (χ3n) is 3.55. The summed E-state index contributed by atoms with van der Waals surface area (Å²) in [4.78, 5) is 13.5. The van der Waals surface area contributed by atoms with Crippen LogP contribution in [-0.4, -0.2) is 44.1 Å². The van der Waals surface area contributed by atoms with Crippen molar-refractivity contribution in [1.29, 1.82) is 0 Å². The van der Waals surface area contributed by atoms with Crippen LogP contribution >= 0.6 is 12.4 Å². The maximum atomic E-state index is 12.7. The molecule has 6 heteroatoms. The lowest BCUT2D eigenvalue weighted by Crippen LogP contribution is -2.37. The minimum atomic E-state index is -0.272. The van der Waals surface area contributed by atoms with Gasteiger partial charge in [-0.3, -0.25) is 4.79 Å². The number of amides is 1. The molecule has 124 valence electrons. The van der Waals surface area contributed by atoms with Crippen LogP contribution in [0.1, 0.15) is 19.3 Å². The molecule has 0 aromatic heterocycles. The molecule has 0 unspecified atom stereocenters. The maximum Gasteiger partial charge on any atom is 0.236 e. The molecule has 0 bridgehead atoms. The van der Waals surface area contributed by atoms with Crippen LogP contribution in [0.5, 0.6) is 5.75 Å². The fourth-order valence-corrected chi connectivity index (χ4v) is 1.99. The summed E-state index contributed by atoms with van der Waals surface area (Å²) in [6, 6.07) is 5.95. The van der Waals surface area contributed by atoms with Gasteiger partial charge >= 0.3 is 0 Å². The summed E-state index contributed by atoms with van der Waals surface area (Å²) in [7, 11) is 1.80. The average Bonchev–Trinajstić information content (AvgIpc) is 3.29. The number of nitrogens with one attached hydrogen (secondary N) is 1. The Morgan fingerprint density at radius 2 is 2.05 bits per heavy atom. The van der Waals surface area contributed by atoms with Gasteiger partial charge in [0.05, 0.1) is 13.2 Å². The van der Waals surface area contributed by atoms with E-state index in [1.54, 1.807) is 24.1 Å². The van der Waals surface area contributed by atoms with Crippen LogP contribution < -0.4 is 10.1 Å². The summed E-state index contributed by atoms with van der Waals surface area (Å²) in [6.45, 7) is 2.53. The molecule has 1 fully saturated rings. The largest absolute Gasteiger partial charge is 0.494 e. The van der Waals surface area contributed by atoms with Gasteiger partial charge in [-0.15, -0.1) is 12.4 Å². The lowest BCUT2D eigenvalue weighted by atomic mass is 10.3. The summed E-state index contributed by atoms with van der Waals surface area (Å²) in [6.07, 6.45) is 3.33. The van der Waals surface area contributed by atoms with Crippen LogP contribution in [0.4, 0.5) is 4.39 Å². The molecular formula is C16H24ClFN2O2. The molecule has 1 aromatic rings. The van der Waals surface area contributed by atoms with Gasteiger partial charge in [-0.05, 0) is 56.0 Å². The molecule has 0 spiro atoms. The number of rotatable bonds is 9. The van der Waals surface area contributed by atoms with Gasteiger partial charge in [-0.25, -0.2) is 4.39 Å². The summed E-state index contributed by atoms with van der Waals surface area (Å²) in [5, 5.41) is 3.19. The standard InChI is InChI=1S/C16H23FN2O2.ClH/c1-19(16(20)12-18-11-13-3-4-13)9-2-10-21-15-7-5-14(17)6-8-15;/h5-8,13,18H,2-4,9-12H2,1H3;1H. The van der Waals surface area contributed by atoms with Crippen molar-refractivity contribution >= 4 is 18.3 Å². The second-order valence-corrected chi connectivity index (χ2v) is 5.55. The zero-order chi connectivity index (χ0) is 15.1. The van der Waals surface area contributed by atoms with Crippen LogP contribution in [-0.2, 0) is 4.79 Å². The molecule has 1 amide bonds. The maximum absolute atomic E-state index is 12.7. The highest BCUT2D eigenvalue weighted by atomic mass is 35.5. The number of hydrogen-bond acceptors (Lipinski definition) is 3. The minimum Gasteiger partial charge on any atom is -0.494 e. The van der Waals surface area contributed by atoms with Gasteiger partial charge in [-0.2, -0.15) is 0 Å². The van der Waals surface area contributed by atoms with Crippen molar-refractivity contribution in [2.45, 2.75) is 19.3 Å². The lowest BCUT2D eigenvalue weighted by Gasteiger charge is -2.17. The molecule has 0 radical (unpaired) electrons. The van der Waals surface area contributed by atoms with E-state index in [4.69, 9.17) is 4.74 Å². The normalized spacial score (nSPS) is 13.4. The number of carbonyl (C=O) groups is 1. The molecule has 1 saturated carbocycles. The zero-order valence-corrected chi connectivity index (χ0v) is 13.7. The fourth-order valence-electron chi connectivity index (χ4n) is 1.99. The Morgan fingerprint density at radius 3 is 2.68 bits per heavy atom. The number of halogens is 2. The van der Waals surface area contributed by atoms with E-state index in [1.807, 2.05) is 0 Å². The number of ether oxygens (including phenoxy) is 1. The number of carbonyl (C=O) groups excluding carboxylic acids is 1. The second-order valence-electron chi connectivity index (χ2n) is 5.55. The predicted molar refractivity (Wildman–Crippen MR) is 87.0 cm³/mol. The molecule has 1 aromatic carbocycles. The van der Waals surface area contributed by atoms with Gasteiger partial charge in [-0.1, -0.05) is 0 Å². The molecule has 2 rings (SSSR count). The van der Waals surface area contributed by atoms with Crippen molar-refractivity contribution in [3.63, 3.8) is 0 Å². The predicted octanol–water partition coefficient (Wildman–Crippen LogP) is 2.47. The second kappa shape index (κ2) is 9.64. The Bertz CT molecular complexity index is 452. The van der Waals surface area contributed by atoms with E-state index in [-0.39, 0.29) is 24.1 Å². The molecule has 22 heavy (non-hydrogen) atoms. The average molecular weight is 331 g/mol.